The van der Waals surface area contributed by atoms with Crippen LogP contribution in [0.1, 0.15) is 0 Å². The predicted molar refractivity (Wildman–Crippen MR) is 215 cm³/mol. The van der Waals surface area contributed by atoms with Gasteiger partial charge in [-0.2, -0.15) is 0 Å². The Hall–Kier alpha value is -7.24. The maximum atomic E-state index is 11.1. The lowest BCUT2D eigenvalue weighted by atomic mass is 9.84. The zero-order valence-corrected chi connectivity index (χ0v) is 28.2. The highest BCUT2D eigenvalue weighted by Gasteiger charge is 2.28. The molecule has 0 bridgehead atoms. The van der Waals surface area contributed by atoms with Crippen molar-refractivity contribution < 1.29 is 25.5 Å². The van der Waals surface area contributed by atoms with Crippen LogP contribution < -0.4 is 0 Å². The van der Waals surface area contributed by atoms with E-state index >= 15 is 0 Å². The highest BCUT2D eigenvalue weighted by atomic mass is 16.4. The molecular formula is C48H30O5. The van der Waals surface area contributed by atoms with Crippen LogP contribution in [0, 0.1) is 0 Å². The van der Waals surface area contributed by atoms with E-state index in [1.54, 1.807) is 0 Å². The van der Waals surface area contributed by atoms with E-state index in [0.717, 1.165) is 38.6 Å². The van der Waals surface area contributed by atoms with Gasteiger partial charge in [0.1, 0.15) is 0 Å². The van der Waals surface area contributed by atoms with Gasteiger partial charge in [0.2, 0.25) is 17.2 Å². The zero-order valence-electron chi connectivity index (χ0n) is 28.2. The smallest absolute Gasteiger partial charge is 0.208 e. The molecule has 53 heavy (non-hydrogen) atoms. The Morgan fingerprint density at radius 1 is 0.264 bits per heavy atom. The van der Waals surface area contributed by atoms with Crippen molar-refractivity contribution in [3.05, 3.63) is 152 Å². The summed E-state index contributed by atoms with van der Waals surface area (Å²) in [5, 5.41) is 63.8. The number of phenolic OH excluding ortho intramolecular Hbond substituents is 5. The molecular weight excluding hydrogens is 657 g/mol. The Morgan fingerprint density at radius 3 is 1.30 bits per heavy atom. The zero-order chi connectivity index (χ0) is 36.0. The molecule has 0 saturated heterocycles. The summed E-state index contributed by atoms with van der Waals surface area (Å²) in [4.78, 5) is 0. The van der Waals surface area contributed by atoms with Gasteiger partial charge in [0.05, 0.1) is 5.56 Å². The molecule has 0 saturated carbocycles. The Bertz CT molecular complexity index is 3020. The fourth-order valence-electron chi connectivity index (χ4n) is 8.34. The summed E-state index contributed by atoms with van der Waals surface area (Å²) in [7, 11) is 0. The van der Waals surface area contributed by atoms with Gasteiger partial charge in [0, 0.05) is 5.56 Å². The Balaban J connectivity index is 1.16. The van der Waals surface area contributed by atoms with E-state index in [1.165, 1.54) is 37.9 Å². The monoisotopic (exact) mass is 686 g/mol. The summed E-state index contributed by atoms with van der Waals surface area (Å²) in [6.07, 6.45) is 0. The molecule has 0 aliphatic carbocycles. The van der Waals surface area contributed by atoms with Crippen molar-refractivity contribution in [3.8, 4) is 73.3 Å². The molecule has 5 nitrogen and oxygen atoms in total. The van der Waals surface area contributed by atoms with Gasteiger partial charge in [0.25, 0.3) is 0 Å². The van der Waals surface area contributed by atoms with Crippen LogP contribution in [-0.2, 0) is 0 Å². The molecule has 10 aromatic carbocycles. The first kappa shape index (κ1) is 30.6. The van der Waals surface area contributed by atoms with E-state index in [4.69, 9.17) is 0 Å². The van der Waals surface area contributed by atoms with Gasteiger partial charge in [-0.1, -0.05) is 140 Å². The van der Waals surface area contributed by atoms with Crippen molar-refractivity contribution in [3.63, 3.8) is 0 Å². The van der Waals surface area contributed by atoms with E-state index in [-0.39, 0.29) is 5.56 Å². The van der Waals surface area contributed by atoms with Crippen LogP contribution in [0.2, 0.25) is 0 Å². The molecule has 0 unspecified atom stereocenters. The van der Waals surface area contributed by atoms with E-state index in [2.05, 4.69) is 103 Å². The number of fused-ring (bicyclic) bond motifs is 2. The normalized spacial score (nSPS) is 11.8. The van der Waals surface area contributed by atoms with Gasteiger partial charge in [0.15, 0.2) is 11.5 Å². The van der Waals surface area contributed by atoms with Crippen molar-refractivity contribution >= 4 is 53.9 Å². The highest BCUT2D eigenvalue weighted by Crippen LogP contribution is 2.57. The van der Waals surface area contributed by atoms with Crippen LogP contribution in [0.15, 0.2) is 152 Å². The average molecular weight is 687 g/mol. The standard InChI is InChI=1S/C48H30O5/c49-44-43(45(50)47(52)48(53)46(44)51)42-36-16-3-1-14-34(36)40(35-15-2-4-17-37(35)42)32-13-7-11-30(25-32)29-10-6-12-31(24-29)33-22-20-28-19-18-26-8-5-9-27-21-23-38(33)41(28)39(26)27/h1-25,49-53H. The van der Waals surface area contributed by atoms with E-state index < -0.39 is 28.7 Å². The molecule has 0 aliphatic rings. The highest BCUT2D eigenvalue weighted by molar-refractivity contribution is 6.26. The number of benzene rings is 10. The predicted octanol–water partition coefficient (Wildman–Crippen LogP) is 12.1. The van der Waals surface area contributed by atoms with Crippen LogP contribution in [-0.4, -0.2) is 25.5 Å². The van der Waals surface area contributed by atoms with Crippen molar-refractivity contribution in [2.24, 2.45) is 0 Å². The summed E-state index contributed by atoms with van der Waals surface area (Å²) in [6.45, 7) is 0. The van der Waals surface area contributed by atoms with Gasteiger partial charge in [-0.05, 0) is 99.4 Å². The number of rotatable bonds is 4. The van der Waals surface area contributed by atoms with Crippen molar-refractivity contribution in [2.75, 3.05) is 0 Å². The van der Waals surface area contributed by atoms with Gasteiger partial charge in [-0.3, -0.25) is 0 Å². The second-order valence-corrected chi connectivity index (χ2v) is 13.6. The van der Waals surface area contributed by atoms with Crippen molar-refractivity contribution in [1.29, 1.82) is 0 Å². The van der Waals surface area contributed by atoms with E-state index in [0.29, 0.717) is 16.3 Å². The van der Waals surface area contributed by atoms with Crippen LogP contribution in [0.25, 0.3) is 98.4 Å². The second-order valence-electron chi connectivity index (χ2n) is 13.6. The fourth-order valence-corrected chi connectivity index (χ4v) is 8.34. The summed E-state index contributed by atoms with van der Waals surface area (Å²) in [5.41, 5.74) is 6.60. The van der Waals surface area contributed by atoms with Crippen LogP contribution >= 0.6 is 0 Å². The number of hydrogen-bond acceptors (Lipinski definition) is 5. The van der Waals surface area contributed by atoms with Gasteiger partial charge < -0.3 is 25.5 Å². The maximum absolute atomic E-state index is 11.1. The number of phenols is 5. The third kappa shape index (κ3) is 4.44. The van der Waals surface area contributed by atoms with Crippen LogP contribution in [0.3, 0.4) is 0 Å². The number of hydrogen-bond donors (Lipinski definition) is 5. The van der Waals surface area contributed by atoms with Gasteiger partial charge >= 0.3 is 0 Å². The summed E-state index contributed by atoms with van der Waals surface area (Å²) < 4.78 is 0. The topological polar surface area (TPSA) is 101 Å². The molecule has 10 rings (SSSR count). The first-order valence-electron chi connectivity index (χ1n) is 17.4. The van der Waals surface area contributed by atoms with Crippen molar-refractivity contribution in [2.45, 2.75) is 0 Å². The molecule has 0 atom stereocenters. The molecule has 0 aliphatic heterocycles. The lowest BCUT2D eigenvalue weighted by molar-refractivity contribution is 0.330. The largest absolute Gasteiger partial charge is 0.504 e. The third-order valence-electron chi connectivity index (χ3n) is 10.7. The first-order chi connectivity index (χ1) is 25.9. The summed E-state index contributed by atoms with van der Waals surface area (Å²) >= 11 is 0. The molecule has 5 heteroatoms. The Labute approximate surface area is 303 Å². The third-order valence-corrected chi connectivity index (χ3v) is 10.7. The average Bonchev–Trinajstić information content (AvgIpc) is 3.21. The molecule has 0 heterocycles. The van der Waals surface area contributed by atoms with Gasteiger partial charge in [-0.25, -0.2) is 0 Å². The Morgan fingerprint density at radius 2 is 0.698 bits per heavy atom. The SMILES string of the molecule is Oc1c(O)c(O)c(-c2c3ccccc3c(-c3cccc(-c4cccc(-c5ccc6ccc7cccc8ccc5c6c78)c4)c3)c3ccccc23)c(O)c1O. The van der Waals surface area contributed by atoms with E-state index in [1.807, 2.05) is 48.5 Å². The molecule has 0 spiro atoms. The lowest BCUT2D eigenvalue weighted by Crippen LogP contribution is -1.92. The van der Waals surface area contributed by atoms with Crippen LogP contribution in [0.4, 0.5) is 0 Å². The molecule has 0 aromatic heterocycles. The van der Waals surface area contributed by atoms with E-state index in [9.17, 15) is 25.5 Å². The molecule has 10 aromatic rings. The molecule has 0 fully saturated rings. The quantitative estimate of drug-likeness (QED) is 0.0549. The van der Waals surface area contributed by atoms with Crippen molar-refractivity contribution in [1.82, 2.24) is 0 Å². The minimum Gasteiger partial charge on any atom is -0.504 e. The van der Waals surface area contributed by atoms with Crippen LogP contribution in [0.5, 0.6) is 28.7 Å². The minimum atomic E-state index is -0.992. The summed E-state index contributed by atoms with van der Waals surface area (Å²) in [5.74, 6) is -4.28. The summed E-state index contributed by atoms with van der Waals surface area (Å²) in [6, 6.07) is 52.2. The first-order valence-corrected chi connectivity index (χ1v) is 17.4. The molecule has 0 amide bonds. The minimum absolute atomic E-state index is 0.172. The fraction of sp³-hybridized carbons (Fsp3) is 0. The van der Waals surface area contributed by atoms with Gasteiger partial charge in [-0.15, -0.1) is 0 Å². The molecule has 5 N–H and O–H groups in total. The Kier molecular flexibility index (Phi) is 6.57. The molecule has 252 valence electrons. The second kappa shape index (κ2) is 11.4. The lowest BCUT2D eigenvalue weighted by Gasteiger charge is -2.20. The number of aromatic hydroxyl groups is 5. The molecule has 0 radical (unpaired) electrons. The maximum Gasteiger partial charge on any atom is 0.208 e.